The molecule has 0 aliphatic heterocycles. The van der Waals surface area contributed by atoms with Crippen LogP contribution < -0.4 is 20.5 Å². The predicted molar refractivity (Wildman–Crippen MR) is 145 cm³/mol. The van der Waals surface area contributed by atoms with E-state index in [0.717, 1.165) is 11.3 Å². The maximum atomic E-state index is 12.4. The first-order chi connectivity index (χ1) is 16.7. The Hall–Kier alpha value is -2.59. The van der Waals surface area contributed by atoms with E-state index in [1.54, 1.807) is 12.1 Å². The lowest BCUT2D eigenvalue weighted by Gasteiger charge is -2.25. The van der Waals surface area contributed by atoms with Gasteiger partial charge in [-0.1, -0.05) is 13.8 Å². The summed E-state index contributed by atoms with van der Waals surface area (Å²) >= 11 is 7.01. The first-order valence-electron chi connectivity index (χ1n) is 11.5. The Labute approximate surface area is 228 Å². The maximum absolute atomic E-state index is 12.4. The number of nitrogens with one attached hydrogen (secondary N) is 1. The Bertz CT molecular complexity index is 1100. The number of carboxylic acids is 1. The largest absolute Gasteiger partial charge is 0.488 e. The van der Waals surface area contributed by atoms with Crippen molar-refractivity contribution in [1.29, 1.82) is 0 Å². The molecule has 2 aromatic rings. The lowest BCUT2D eigenvalue weighted by molar-refractivity contribution is -0.142. The highest BCUT2D eigenvalue weighted by molar-refractivity contribution is 9.11. The SMILES string of the molecule is CC(C)c1cc(Oc2c(Br)cc(CC(=O)N[C@@H](CCC(N)=O)C(=O)O)cc2Br)ccc1OC(C)(C)C. The molecule has 0 saturated heterocycles. The van der Waals surface area contributed by atoms with E-state index in [4.69, 9.17) is 15.2 Å². The molecular weight excluding hydrogens is 596 g/mol. The minimum absolute atomic E-state index is 0.0613. The van der Waals surface area contributed by atoms with Crippen LogP contribution in [0.25, 0.3) is 0 Å². The predicted octanol–water partition coefficient (Wildman–Crippen LogP) is 5.68. The van der Waals surface area contributed by atoms with Gasteiger partial charge in [0.25, 0.3) is 0 Å². The Morgan fingerprint density at radius 3 is 2.19 bits per heavy atom. The number of halogens is 2. The van der Waals surface area contributed by atoms with E-state index in [9.17, 15) is 19.5 Å². The standard InChI is InChI=1S/C26H32Br2N2O6/c1-14(2)17-13-16(6-8-21(17)36-26(3,4)5)35-24-18(27)10-15(11-19(24)28)12-23(32)30-20(25(33)34)7-9-22(29)31/h6,8,10-11,13-14,20H,7,9,12H2,1-5H3,(H2,29,31)(H,30,32)(H,33,34)/t20-/m0/s1. The molecule has 4 N–H and O–H groups in total. The summed E-state index contributed by atoms with van der Waals surface area (Å²) in [5.74, 6) is -0.161. The first-order valence-corrected chi connectivity index (χ1v) is 13.0. The molecule has 36 heavy (non-hydrogen) atoms. The number of hydrogen-bond donors (Lipinski definition) is 3. The van der Waals surface area contributed by atoms with Crippen molar-refractivity contribution < 1.29 is 29.0 Å². The molecule has 196 valence electrons. The van der Waals surface area contributed by atoms with Gasteiger partial charge in [0.1, 0.15) is 23.1 Å². The third-order valence-corrected chi connectivity index (χ3v) is 6.15. The number of carbonyl (C=O) groups is 3. The molecule has 10 heteroatoms. The Kier molecular flexibility index (Phi) is 10.4. The zero-order valence-corrected chi connectivity index (χ0v) is 24.2. The lowest BCUT2D eigenvalue weighted by atomic mass is 10.0. The number of rotatable bonds is 11. The summed E-state index contributed by atoms with van der Waals surface area (Å²) in [7, 11) is 0. The maximum Gasteiger partial charge on any atom is 0.326 e. The van der Waals surface area contributed by atoms with Crippen LogP contribution in [-0.2, 0) is 20.8 Å². The minimum Gasteiger partial charge on any atom is -0.488 e. The lowest BCUT2D eigenvalue weighted by Crippen LogP contribution is -2.42. The topological polar surface area (TPSA) is 128 Å². The van der Waals surface area contributed by atoms with Gasteiger partial charge in [-0.2, -0.15) is 0 Å². The van der Waals surface area contributed by atoms with Crippen LogP contribution in [-0.4, -0.2) is 34.5 Å². The summed E-state index contributed by atoms with van der Waals surface area (Å²) in [6.07, 6.45) is -0.273. The summed E-state index contributed by atoms with van der Waals surface area (Å²) < 4.78 is 13.5. The van der Waals surface area contributed by atoms with Gasteiger partial charge >= 0.3 is 5.97 Å². The van der Waals surface area contributed by atoms with Crippen molar-refractivity contribution in [3.8, 4) is 17.2 Å². The van der Waals surface area contributed by atoms with E-state index in [-0.39, 0.29) is 30.8 Å². The fourth-order valence-electron chi connectivity index (χ4n) is 3.37. The van der Waals surface area contributed by atoms with Gasteiger partial charge in [0.05, 0.1) is 15.4 Å². The summed E-state index contributed by atoms with van der Waals surface area (Å²) in [5, 5.41) is 11.7. The summed E-state index contributed by atoms with van der Waals surface area (Å²) in [6, 6.07) is 7.96. The highest BCUT2D eigenvalue weighted by atomic mass is 79.9. The highest BCUT2D eigenvalue weighted by Gasteiger charge is 2.22. The second-order valence-corrected chi connectivity index (χ2v) is 11.4. The number of ether oxygens (including phenoxy) is 2. The van der Waals surface area contributed by atoms with E-state index in [2.05, 4.69) is 51.0 Å². The molecule has 0 aliphatic rings. The number of aliphatic carboxylic acids is 1. The molecule has 0 heterocycles. The van der Waals surface area contributed by atoms with Crippen LogP contribution in [0, 0.1) is 0 Å². The van der Waals surface area contributed by atoms with Crippen LogP contribution in [0.15, 0.2) is 39.3 Å². The monoisotopic (exact) mass is 626 g/mol. The second-order valence-electron chi connectivity index (χ2n) is 9.70. The van der Waals surface area contributed by atoms with Gasteiger partial charge in [-0.15, -0.1) is 0 Å². The molecule has 2 amide bonds. The first kappa shape index (κ1) is 29.6. The second kappa shape index (κ2) is 12.6. The van der Waals surface area contributed by atoms with Gasteiger partial charge in [-0.05, 0) is 101 Å². The molecular formula is C26H32Br2N2O6. The Balaban J connectivity index is 2.18. The molecule has 0 radical (unpaired) electrons. The normalized spacial score (nSPS) is 12.2. The molecule has 2 rings (SSSR count). The van der Waals surface area contributed by atoms with Gasteiger partial charge in [-0.25, -0.2) is 4.79 Å². The van der Waals surface area contributed by atoms with E-state index >= 15 is 0 Å². The zero-order valence-electron chi connectivity index (χ0n) is 21.0. The van der Waals surface area contributed by atoms with Crippen molar-refractivity contribution >= 4 is 49.6 Å². The summed E-state index contributed by atoms with van der Waals surface area (Å²) in [5.41, 5.74) is 6.41. The van der Waals surface area contributed by atoms with E-state index < -0.39 is 23.8 Å². The molecule has 0 fully saturated rings. The third-order valence-electron chi connectivity index (χ3n) is 4.97. The van der Waals surface area contributed by atoms with Gasteiger partial charge in [0.2, 0.25) is 11.8 Å². The average Bonchev–Trinajstić information content (AvgIpc) is 2.73. The quantitative estimate of drug-likeness (QED) is 0.294. The fraction of sp³-hybridized carbons (Fsp3) is 0.423. The minimum atomic E-state index is -1.23. The van der Waals surface area contributed by atoms with Crippen LogP contribution in [0.1, 0.15) is 64.5 Å². The molecule has 0 aromatic heterocycles. The van der Waals surface area contributed by atoms with Crippen LogP contribution in [0.2, 0.25) is 0 Å². The van der Waals surface area contributed by atoms with E-state index in [0.29, 0.717) is 26.0 Å². The number of primary amides is 1. The summed E-state index contributed by atoms with van der Waals surface area (Å²) in [4.78, 5) is 34.8. The number of carbonyl (C=O) groups excluding carboxylic acids is 2. The average molecular weight is 628 g/mol. The number of hydrogen-bond acceptors (Lipinski definition) is 5. The van der Waals surface area contributed by atoms with Gasteiger partial charge < -0.3 is 25.6 Å². The third kappa shape index (κ3) is 9.13. The zero-order chi connectivity index (χ0) is 27.2. The molecule has 0 bridgehead atoms. The fourth-order valence-corrected chi connectivity index (χ4v) is 4.81. The van der Waals surface area contributed by atoms with E-state index in [1.165, 1.54) is 0 Å². The molecule has 0 saturated carbocycles. The Morgan fingerprint density at radius 1 is 1.08 bits per heavy atom. The van der Waals surface area contributed by atoms with Crippen molar-refractivity contribution in [2.45, 2.75) is 71.4 Å². The molecule has 0 aliphatic carbocycles. The summed E-state index contributed by atoms with van der Waals surface area (Å²) in [6.45, 7) is 10.2. The van der Waals surface area contributed by atoms with Crippen molar-refractivity contribution in [1.82, 2.24) is 5.32 Å². The van der Waals surface area contributed by atoms with Gasteiger partial charge in [0, 0.05) is 12.0 Å². The van der Waals surface area contributed by atoms with Crippen LogP contribution >= 0.6 is 31.9 Å². The van der Waals surface area contributed by atoms with E-state index in [1.807, 2.05) is 39.0 Å². The Morgan fingerprint density at radius 2 is 1.69 bits per heavy atom. The molecule has 0 unspecified atom stereocenters. The van der Waals surface area contributed by atoms with Crippen molar-refractivity contribution in [2.75, 3.05) is 0 Å². The molecule has 8 nitrogen and oxygen atoms in total. The molecule has 1 atom stereocenters. The van der Waals surface area contributed by atoms with Crippen LogP contribution in [0.4, 0.5) is 0 Å². The van der Waals surface area contributed by atoms with Gasteiger partial charge in [0.15, 0.2) is 5.75 Å². The van der Waals surface area contributed by atoms with Crippen LogP contribution in [0.3, 0.4) is 0 Å². The smallest absolute Gasteiger partial charge is 0.326 e. The number of carboxylic acid groups (broad SMARTS) is 1. The highest BCUT2D eigenvalue weighted by Crippen LogP contribution is 2.40. The van der Waals surface area contributed by atoms with Gasteiger partial charge in [-0.3, -0.25) is 9.59 Å². The van der Waals surface area contributed by atoms with Crippen molar-refractivity contribution in [3.05, 3.63) is 50.4 Å². The van der Waals surface area contributed by atoms with Crippen LogP contribution in [0.5, 0.6) is 17.2 Å². The van der Waals surface area contributed by atoms with Crippen molar-refractivity contribution in [3.63, 3.8) is 0 Å². The van der Waals surface area contributed by atoms with Crippen molar-refractivity contribution in [2.24, 2.45) is 5.73 Å². The number of benzene rings is 2. The number of nitrogens with two attached hydrogens (primary N) is 1. The molecule has 0 spiro atoms. The number of amides is 2. The molecule has 2 aromatic carbocycles.